The second kappa shape index (κ2) is 9.97. The number of benzene rings is 2. The molecule has 3 rings (SSSR count). The van der Waals surface area contributed by atoms with Crippen LogP contribution in [0.1, 0.15) is 31.3 Å². The molecule has 0 aliphatic rings. The Balaban J connectivity index is 1.95. The number of nitrogens with zero attached hydrogens (tertiary/aromatic N) is 2. The third-order valence-corrected chi connectivity index (χ3v) is 7.02. The number of anilines is 1. The van der Waals surface area contributed by atoms with Crippen molar-refractivity contribution in [2.24, 2.45) is 0 Å². The molecule has 1 N–H and O–H groups in total. The maximum Gasteiger partial charge on any atom is 0.274 e. The first-order valence-electron chi connectivity index (χ1n) is 10.4. The Labute approximate surface area is 188 Å². The number of rotatable bonds is 9. The van der Waals surface area contributed by atoms with E-state index in [-0.39, 0.29) is 16.3 Å². The topological polar surface area (TPSA) is 97.8 Å². The van der Waals surface area contributed by atoms with Gasteiger partial charge in [-0.3, -0.25) is 4.79 Å². The molecule has 170 valence electrons. The van der Waals surface area contributed by atoms with Crippen LogP contribution in [0.4, 0.5) is 5.69 Å². The number of hydrogen-bond donors (Lipinski definition) is 1. The van der Waals surface area contributed by atoms with Gasteiger partial charge in [0.2, 0.25) is 10.0 Å². The van der Waals surface area contributed by atoms with Gasteiger partial charge in [-0.05, 0) is 49.4 Å². The summed E-state index contributed by atoms with van der Waals surface area (Å²) < 4.78 is 38.0. The van der Waals surface area contributed by atoms with Gasteiger partial charge in [-0.15, -0.1) is 0 Å². The molecule has 0 saturated heterocycles. The molecule has 2 aromatic carbocycles. The average Bonchev–Trinajstić information content (AvgIpc) is 2.80. The molecule has 1 heterocycles. The minimum atomic E-state index is -3.69. The van der Waals surface area contributed by atoms with Gasteiger partial charge in [-0.2, -0.15) is 4.31 Å². The highest BCUT2D eigenvalue weighted by Gasteiger charge is 2.23. The zero-order valence-corrected chi connectivity index (χ0v) is 19.4. The van der Waals surface area contributed by atoms with Crippen LogP contribution in [0, 0.1) is 0 Å². The van der Waals surface area contributed by atoms with Gasteiger partial charge in [-0.25, -0.2) is 13.4 Å². The highest BCUT2D eigenvalue weighted by molar-refractivity contribution is 7.89. The largest absolute Gasteiger partial charge is 0.497 e. The molecule has 8 nitrogen and oxygen atoms in total. The summed E-state index contributed by atoms with van der Waals surface area (Å²) in [6, 6.07) is 13.2. The Morgan fingerprint density at radius 1 is 1.03 bits per heavy atom. The normalized spacial score (nSPS) is 11.5. The highest BCUT2D eigenvalue weighted by atomic mass is 32.2. The summed E-state index contributed by atoms with van der Waals surface area (Å²) in [5.74, 6) is 0.606. The second-order valence-corrected chi connectivity index (χ2v) is 8.83. The van der Waals surface area contributed by atoms with Crippen molar-refractivity contribution in [2.75, 3.05) is 32.1 Å². The SMILES string of the molecule is CCOc1ccc(S(=O)(=O)N(CC)CC)cc1NC(=O)c1ccc2cc(OC)ccc2n1. The number of amides is 1. The summed E-state index contributed by atoms with van der Waals surface area (Å²) in [5.41, 5.74) is 1.10. The molecule has 0 radical (unpaired) electrons. The standard InChI is InChI=1S/C23H27N3O5S/c1-5-26(6-2)32(28,29)18-10-13-22(31-7-3)21(15-18)25-23(27)20-11-8-16-14-17(30-4)9-12-19(16)24-20/h8-15H,5-7H2,1-4H3,(H,25,27). The summed E-state index contributed by atoms with van der Waals surface area (Å²) in [5, 5.41) is 3.59. The summed E-state index contributed by atoms with van der Waals surface area (Å²) in [7, 11) is -2.11. The number of pyridine rings is 1. The van der Waals surface area contributed by atoms with Gasteiger partial charge in [-0.1, -0.05) is 19.9 Å². The summed E-state index contributed by atoms with van der Waals surface area (Å²) in [4.78, 5) is 17.4. The lowest BCUT2D eigenvalue weighted by molar-refractivity contribution is 0.102. The van der Waals surface area contributed by atoms with E-state index >= 15 is 0 Å². The number of hydrogen-bond acceptors (Lipinski definition) is 6. The molecule has 0 spiro atoms. The maximum absolute atomic E-state index is 12.9. The molecule has 0 unspecified atom stereocenters. The van der Waals surface area contributed by atoms with Crippen LogP contribution in [0.5, 0.6) is 11.5 Å². The van der Waals surface area contributed by atoms with Crippen molar-refractivity contribution in [3.05, 3.63) is 54.2 Å². The molecule has 3 aromatic rings. The summed E-state index contributed by atoms with van der Waals surface area (Å²) in [6.07, 6.45) is 0. The van der Waals surface area contributed by atoms with E-state index in [1.807, 2.05) is 13.0 Å². The van der Waals surface area contributed by atoms with E-state index in [0.29, 0.717) is 36.7 Å². The number of aromatic nitrogens is 1. The highest BCUT2D eigenvalue weighted by Crippen LogP contribution is 2.30. The van der Waals surface area contributed by atoms with Crippen LogP contribution in [0.2, 0.25) is 0 Å². The first kappa shape index (κ1) is 23.5. The Morgan fingerprint density at radius 3 is 2.44 bits per heavy atom. The van der Waals surface area contributed by atoms with Crippen LogP contribution in [0.3, 0.4) is 0 Å². The van der Waals surface area contributed by atoms with Crippen molar-refractivity contribution in [3.8, 4) is 11.5 Å². The van der Waals surface area contributed by atoms with E-state index in [2.05, 4.69) is 10.3 Å². The predicted octanol–water partition coefficient (Wildman–Crippen LogP) is 3.92. The first-order chi connectivity index (χ1) is 15.3. The van der Waals surface area contributed by atoms with Crippen LogP contribution in [0.15, 0.2) is 53.4 Å². The lowest BCUT2D eigenvalue weighted by atomic mass is 10.2. The molecule has 0 atom stereocenters. The van der Waals surface area contributed by atoms with Crippen molar-refractivity contribution in [2.45, 2.75) is 25.7 Å². The minimum Gasteiger partial charge on any atom is -0.497 e. The third-order valence-electron chi connectivity index (χ3n) is 4.97. The van der Waals surface area contributed by atoms with Crippen LogP contribution < -0.4 is 14.8 Å². The fourth-order valence-electron chi connectivity index (χ4n) is 3.30. The molecular weight excluding hydrogens is 430 g/mol. The van der Waals surface area contributed by atoms with Crippen molar-refractivity contribution in [3.63, 3.8) is 0 Å². The molecule has 0 aliphatic heterocycles. The van der Waals surface area contributed by atoms with Gasteiger partial charge in [0.1, 0.15) is 17.2 Å². The zero-order chi connectivity index (χ0) is 23.3. The van der Waals surface area contributed by atoms with Gasteiger partial charge in [0.05, 0.1) is 29.8 Å². The number of methoxy groups -OCH3 is 1. The molecule has 0 saturated carbocycles. The van der Waals surface area contributed by atoms with Crippen molar-refractivity contribution < 1.29 is 22.7 Å². The first-order valence-corrected chi connectivity index (χ1v) is 11.8. The number of sulfonamides is 1. The Hall–Kier alpha value is -3.17. The van der Waals surface area contributed by atoms with Crippen LogP contribution in [-0.2, 0) is 10.0 Å². The fourth-order valence-corrected chi connectivity index (χ4v) is 4.79. The smallest absolute Gasteiger partial charge is 0.274 e. The summed E-state index contributed by atoms with van der Waals surface area (Å²) >= 11 is 0. The van der Waals surface area contributed by atoms with Gasteiger partial charge in [0, 0.05) is 18.5 Å². The van der Waals surface area contributed by atoms with Gasteiger partial charge in [0.25, 0.3) is 5.91 Å². The van der Waals surface area contributed by atoms with Gasteiger partial charge >= 0.3 is 0 Å². The summed E-state index contributed by atoms with van der Waals surface area (Å²) in [6.45, 7) is 6.42. The molecule has 0 fully saturated rings. The molecular formula is C23H27N3O5S. The number of ether oxygens (including phenoxy) is 2. The average molecular weight is 458 g/mol. The van der Waals surface area contributed by atoms with Crippen molar-refractivity contribution in [1.82, 2.24) is 9.29 Å². The van der Waals surface area contributed by atoms with E-state index in [4.69, 9.17) is 9.47 Å². The molecule has 1 aromatic heterocycles. The Kier molecular flexibility index (Phi) is 7.32. The van der Waals surface area contributed by atoms with Crippen LogP contribution >= 0.6 is 0 Å². The van der Waals surface area contributed by atoms with Crippen molar-refractivity contribution in [1.29, 1.82) is 0 Å². The molecule has 32 heavy (non-hydrogen) atoms. The van der Waals surface area contributed by atoms with E-state index in [0.717, 1.165) is 5.39 Å². The zero-order valence-electron chi connectivity index (χ0n) is 18.6. The van der Waals surface area contributed by atoms with Crippen molar-refractivity contribution >= 4 is 32.5 Å². The van der Waals surface area contributed by atoms with E-state index in [1.165, 1.54) is 16.4 Å². The molecule has 1 amide bonds. The van der Waals surface area contributed by atoms with E-state index in [9.17, 15) is 13.2 Å². The lowest BCUT2D eigenvalue weighted by Gasteiger charge is -2.20. The maximum atomic E-state index is 12.9. The minimum absolute atomic E-state index is 0.0820. The third kappa shape index (κ3) is 4.84. The number of carbonyl (C=O) groups is 1. The monoisotopic (exact) mass is 457 g/mol. The molecule has 9 heteroatoms. The molecule has 0 aliphatic carbocycles. The lowest BCUT2D eigenvalue weighted by Crippen LogP contribution is -2.30. The number of carbonyl (C=O) groups excluding carboxylic acids is 1. The van der Waals surface area contributed by atoms with Crippen LogP contribution in [0.25, 0.3) is 10.9 Å². The Morgan fingerprint density at radius 2 is 1.78 bits per heavy atom. The Bertz CT molecular complexity index is 1220. The van der Waals surface area contributed by atoms with Gasteiger partial charge in [0.15, 0.2) is 0 Å². The molecule has 0 bridgehead atoms. The number of fused-ring (bicyclic) bond motifs is 1. The van der Waals surface area contributed by atoms with E-state index < -0.39 is 15.9 Å². The quantitative estimate of drug-likeness (QED) is 0.523. The van der Waals surface area contributed by atoms with Crippen LogP contribution in [-0.4, -0.2) is 50.4 Å². The number of nitrogens with one attached hydrogen (secondary N) is 1. The second-order valence-electron chi connectivity index (χ2n) is 6.89. The van der Waals surface area contributed by atoms with E-state index in [1.54, 1.807) is 51.3 Å². The van der Waals surface area contributed by atoms with Gasteiger partial charge < -0.3 is 14.8 Å². The predicted molar refractivity (Wildman–Crippen MR) is 124 cm³/mol. The fraction of sp³-hybridized carbons (Fsp3) is 0.304.